The maximum absolute atomic E-state index is 5.12. The number of benzene rings is 7. The van der Waals surface area contributed by atoms with Gasteiger partial charge in [-0.3, -0.25) is 4.98 Å². The molecule has 0 aliphatic carbocycles. The summed E-state index contributed by atoms with van der Waals surface area (Å²) in [7, 11) is 0. The molecular formula is C48H32N2. The quantitative estimate of drug-likeness (QED) is 0.170. The first-order valence-corrected chi connectivity index (χ1v) is 17.0. The highest BCUT2D eigenvalue weighted by Crippen LogP contribution is 2.48. The second-order valence-corrected chi connectivity index (χ2v) is 12.5. The van der Waals surface area contributed by atoms with E-state index in [2.05, 4.69) is 169 Å². The molecule has 9 aromatic rings. The van der Waals surface area contributed by atoms with E-state index in [4.69, 9.17) is 4.98 Å². The van der Waals surface area contributed by atoms with E-state index in [-0.39, 0.29) is 0 Å². The van der Waals surface area contributed by atoms with Gasteiger partial charge < -0.3 is 0 Å². The number of pyridine rings is 2. The lowest BCUT2D eigenvalue weighted by molar-refractivity contribution is 1.25. The van der Waals surface area contributed by atoms with Crippen LogP contribution >= 0.6 is 0 Å². The first-order chi connectivity index (χ1) is 24.8. The topological polar surface area (TPSA) is 25.8 Å². The normalized spacial score (nSPS) is 11.2. The van der Waals surface area contributed by atoms with Gasteiger partial charge in [0.05, 0.1) is 17.1 Å². The van der Waals surface area contributed by atoms with Crippen LogP contribution in [0.1, 0.15) is 0 Å². The second kappa shape index (κ2) is 12.8. The Bertz CT molecular complexity index is 2630. The highest BCUT2D eigenvalue weighted by atomic mass is 14.8. The van der Waals surface area contributed by atoms with Gasteiger partial charge in [-0.25, -0.2) is 4.98 Å². The van der Waals surface area contributed by atoms with E-state index in [0.717, 1.165) is 22.6 Å². The van der Waals surface area contributed by atoms with Crippen LogP contribution in [-0.4, -0.2) is 9.97 Å². The molecule has 2 aromatic heterocycles. The van der Waals surface area contributed by atoms with E-state index in [1.165, 1.54) is 66.1 Å². The molecule has 0 radical (unpaired) electrons. The summed E-state index contributed by atoms with van der Waals surface area (Å²) in [6.45, 7) is 0. The van der Waals surface area contributed by atoms with E-state index >= 15 is 0 Å². The van der Waals surface area contributed by atoms with Crippen molar-refractivity contribution in [3.63, 3.8) is 0 Å². The van der Waals surface area contributed by atoms with Crippen LogP contribution in [0, 0.1) is 0 Å². The molecule has 7 aromatic carbocycles. The fourth-order valence-corrected chi connectivity index (χ4v) is 7.31. The summed E-state index contributed by atoms with van der Waals surface area (Å²) in [6, 6.07) is 66.9. The number of hydrogen-bond donors (Lipinski definition) is 0. The van der Waals surface area contributed by atoms with Crippen LogP contribution in [-0.2, 0) is 0 Å². The summed E-state index contributed by atoms with van der Waals surface area (Å²) in [5.74, 6) is 0. The maximum Gasteiger partial charge on any atom is 0.0893 e. The molecule has 0 atom stereocenters. The predicted octanol–water partition coefficient (Wildman–Crippen LogP) is 12.8. The summed E-state index contributed by atoms with van der Waals surface area (Å²) in [5, 5.41) is 4.83. The van der Waals surface area contributed by atoms with Crippen molar-refractivity contribution in [1.29, 1.82) is 0 Å². The summed E-state index contributed by atoms with van der Waals surface area (Å²) in [5.41, 5.74) is 13.4. The molecule has 0 unspecified atom stereocenters. The van der Waals surface area contributed by atoms with Gasteiger partial charge in [0.15, 0.2) is 0 Å². The van der Waals surface area contributed by atoms with E-state index in [1.54, 1.807) is 0 Å². The van der Waals surface area contributed by atoms with Crippen molar-refractivity contribution in [1.82, 2.24) is 9.97 Å². The number of nitrogens with zero attached hydrogens (tertiary/aromatic N) is 2. The first-order valence-electron chi connectivity index (χ1n) is 17.0. The molecule has 0 bridgehead atoms. The average Bonchev–Trinajstić information content (AvgIpc) is 3.21. The Morgan fingerprint density at radius 1 is 0.280 bits per heavy atom. The number of hydrogen-bond acceptors (Lipinski definition) is 2. The molecule has 234 valence electrons. The molecule has 0 fully saturated rings. The van der Waals surface area contributed by atoms with Gasteiger partial charge in [0, 0.05) is 11.8 Å². The Morgan fingerprint density at radius 2 is 0.760 bits per heavy atom. The fraction of sp³-hybridized carbons (Fsp3) is 0. The molecule has 0 N–H and O–H groups in total. The Labute approximate surface area is 292 Å². The third kappa shape index (κ3) is 5.24. The van der Waals surface area contributed by atoms with E-state index < -0.39 is 0 Å². The van der Waals surface area contributed by atoms with Gasteiger partial charge in [0.2, 0.25) is 0 Å². The van der Waals surface area contributed by atoms with Crippen molar-refractivity contribution in [2.24, 2.45) is 0 Å². The molecule has 2 heteroatoms. The van der Waals surface area contributed by atoms with Crippen LogP contribution in [0.2, 0.25) is 0 Å². The predicted molar refractivity (Wildman–Crippen MR) is 210 cm³/mol. The van der Waals surface area contributed by atoms with Crippen LogP contribution in [0.4, 0.5) is 0 Å². The van der Waals surface area contributed by atoms with Crippen molar-refractivity contribution >= 4 is 21.5 Å². The molecule has 9 rings (SSSR count). The second-order valence-electron chi connectivity index (χ2n) is 12.5. The van der Waals surface area contributed by atoms with Crippen molar-refractivity contribution < 1.29 is 0 Å². The summed E-state index contributed by atoms with van der Waals surface area (Å²) >= 11 is 0. The summed E-state index contributed by atoms with van der Waals surface area (Å²) < 4.78 is 0. The van der Waals surface area contributed by atoms with Crippen LogP contribution in [0.15, 0.2) is 194 Å². The number of rotatable bonds is 6. The standard InChI is InChI=1S/C48H32N2/c1-3-16-33(17-4-1)36-20-7-9-22-38(36)47-40-24-11-12-25-41(40)48(39-23-10-8-21-37(39)34-18-5-2-6-19-34)43-32-35(29-30-42(43)47)44-27-15-28-46(50-44)45-26-13-14-31-49-45/h1-32H. The summed E-state index contributed by atoms with van der Waals surface area (Å²) in [6.07, 6.45) is 1.82. The molecule has 0 aliphatic heterocycles. The Kier molecular flexibility index (Phi) is 7.53. The van der Waals surface area contributed by atoms with E-state index in [9.17, 15) is 0 Å². The Balaban J connectivity index is 1.39. The zero-order chi connectivity index (χ0) is 33.3. The highest BCUT2D eigenvalue weighted by molar-refractivity contribution is 6.23. The lowest BCUT2D eigenvalue weighted by Gasteiger charge is -2.21. The van der Waals surface area contributed by atoms with Crippen LogP contribution in [0.25, 0.3) is 88.7 Å². The first kappa shape index (κ1) is 29.5. The Hall–Kier alpha value is -6.64. The molecule has 2 heterocycles. The van der Waals surface area contributed by atoms with Crippen molar-refractivity contribution in [2.75, 3.05) is 0 Å². The molecule has 50 heavy (non-hydrogen) atoms. The van der Waals surface area contributed by atoms with Gasteiger partial charge in [-0.05, 0) is 96.4 Å². The van der Waals surface area contributed by atoms with Gasteiger partial charge >= 0.3 is 0 Å². The van der Waals surface area contributed by atoms with Gasteiger partial charge in [-0.1, -0.05) is 158 Å². The van der Waals surface area contributed by atoms with Gasteiger partial charge in [-0.2, -0.15) is 0 Å². The minimum Gasteiger partial charge on any atom is -0.255 e. The highest BCUT2D eigenvalue weighted by Gasteiger charge is 2.21. The SMILES string of the molecule is c1ccc(-c2ccccc2-c2c3ccccc3c(-c3ccccc3-c3ccccc3)c3cc(-c4cccc(-c5ccccn5)n4)ccc23)cc1. The average molecular weight is 637 g/mol. The molecule has 0 amide bonds. The van der Waals surface area contributed by atoms with Gasteiger partial charge in [-0.15, -0.1) is 0 Å². The van der Waals surface area contributed by atoms with Crippen LogP contribution in [0.3, 0.4) is 0 Å². The lowest BCUT2D eigenvalue weighted by atomic mass is 9.82. The Morgan fingerprint density at radius 3 is 1.36 bits per heavy atom. The zero-order valence-corrected chi connectivity index (χ0v) is 27.4. The lowest BCUT2D eigenvalue weighted by Crippen LogP contribution is -1.95. The van der Waals surface area contributed by atoms with Crippen LogP contribution < -0.4 is 0 Å². The van der Waals surface area contributed by atoms with Crippen molar-refractivity contribution in [3.8, 4) is 67.2 Å². The maximum atomic E-state index is 5.12. The van der Waals surface area contributed by atoms with Gasteiger partial charge in [0.1, 0.15) is 0 Å². The fourth-order valence-electron chi connectivity index (χ4n) is 7.31. The number of aromatic nitrogens is 2. The van der Waals surface area contributed by atoms with E-state index in [0.29, 0.717) is 0 Å². The molecule has 0 aliphatic rings. The van der Waals surface area contributed by atoms with Crippen molar-refractivity contribution in [3.05, 3.63) is 194 Å². The zero-order valence-electron chi connectivity index (χ0n) is 27.4. The largest absolute Gasteiger partial charge is 0.255 e. The minimum absolute atomic E-state index is 0.855. The molecule has 2 nitrogen and oxygen atoms in total. The number of fused-ring (bicyclic) bond motifs is 2. The van der Waals surface area contributed by atoms with E-state index in [1.807, 2.05) is 30.5 Å². The monoisotopic (exact) mass is 636 g/mol. The van der Waals surface area contributed by atoms with Crippen LogP contribution in [0.5, 0.6) is 0 Å². The molecular weight excluding hydrogens is 605 g/mol. The minimum atomic E-state index is 0.855. The molecule has 0 saturated carbocycles. The molecule has 0 spiro atoms. The third-order valence-electron chi connectivity index (χ3n) is 9.56. The smallest absolute Gasteiger partial charge is 0.0893 e. The van der Waals surface area contributed by atoms with Gasteiger partial charge in [0.25, 0.3) is 0 Å². The summed E-state index contributed by atoms with van der Waals surface area (Å²) in [4.78, 5) is 9.70. The van der Waals surface area contributed by atoms with Crippen molar-refractivity contribution in [2.45, 2.75) is 0 Å². The molecule has 0 saturated heterocycles. The third-order valence-corrected chi connectivity index (χ3v) is 9.56.